The Morgan fingerprint density at radius 1 is 0.943 bits per heavy atom. The highest BCUT2D eigenvalue weighted by atomic mass is 16.5. The Balaban J connectivity index is 1.61. The Kier molecular flexibility index (Phi) is 5.56. The van der Waals surface area contributed by atoms with Crippen LogP contribution >= 0.6 is 0 Å². The van der Waals surface area contributed by atoms with Crippen LogP contribution < -0.4 is 23.7 Å². The van der Waals surface area contributed by atoms with E-state index in [0.717, 1.165) is 0 Å². The van der Waals surface area contributed by atoms with Crippen molar-refractivity contribution < 1.29 is 38.4 Å². The second-order valence-electron chi connectivity index (χ2n) is 8.04. The Morgan fingerprint density at radius 3 is 2.46 bits per heavy atom. The van der Waals surface area contributed by atoms with Gasteiger partial charge in [0.1, 0.15) is 11.5 Å². The number of esters is 1. The van der Waals surface area contributed by atoms with Crippen LogP contribution in [0.25, 0.3) is 6.08 Å². The Morgan fingerprint density at radius 2 is 1.74 bits per heavy atom. The summed E-state index contributed by atoms with van der Waals surface area (Å²) in [6, 6.07) is 13.4. The third kappa shape index (κ3) is 3.73. The number of allylic oxidation sites excluding steroid dienone is 1. The van der Waals surface area contributed by atoms with Crippen LogP contribution in [0.1, 0.15) is 39.4 Å². The quantitative estimate of drug-likeness (QED) is 0.328. The van der Waals surface area contributed by atoms with Gasteiger partial charge in [0.15, 0.2) is 28.8 Å². The molecule has 3 aromatic rings. The molecule has 8 nitrogen and oxygen atoms in total. The van der Waals surface area contributed by atoms with Crippen LogP contribution in [0.3, 0.4) is 0 Å². The molecule has 5 rings (SSSR count). The van der Waals surface area contributed by atoms with E-state index in [0.29, 0.717) is 51.0 Å². The van der Waals surface area contributed by atoms with Gasteiger partial charge in [-0.1, -0.05) is 18.2 Å². The van der Waals surface area contributed by atoms with Crippen LogP contribution in [0.5, 0.6) is 34.5 Å². The van der Waals surface area contributed by atoms with E-state index in [1.54, 1.807) is 54.6 Å². The van der Waals surface area contributed by atoms with E-state index >= 15 is 0 Å². The predicted octanol–water partition coefficient (Wildman–Crippen LogP) is 4.48. The van der Waals surface area contributed by atoms with Gasteiger partial charge < -0.3 is 28.8 Å². The first-order valence-corrected chi connectivity index (χ1v) is 10.8. The lowest BCUT2D eigenvalue weighted by Gasteiger charge is -2.26. The van der Waals surface area contributed by atoms with Crippen molar-refractivity contribution in [1.29, 1.82) is 0 Å². The van der Waals surface area contributed by atoms with Gasteiger partial charge in [0, 0.05) is 17.0 Å². The number of Topliss-reactive ketones (excluding diaryl/α,β-unsaturated/α-hetero) is 1. The molecule has 2 aliphatic heterocycles. The molecule has 3 aromatic carbocycles. The standard InChI is InChI=1S/C27H22O8/c1-31-19-9-7-14(11-18(19)28)17-13-23(29)34-20-10-8-16-25(30)22(35-27(16)24(17)20)12-15-5-4-6-21(32-2)26(15)33-3/h4-12,17,28H,13H2,1-3H3. The van der Waals surface area contributed by atoms with Gasteiger partial charge in [-0.05, 0) is 42.0 Å². The van der Waals surface area contributed by atoms with E-state index in [-0.39, 0.29) is 23.7 Å². The summed E-state index contributed by atoms with van der Waals surface area (Å²) in [4.78, 5) is 25.6. The number of ketones is 1. The lowest BCUT2D eigenvalue weighted by molar-refractivity contribution is -0.135. The molecule has 1 atom stereocenters. The number of methoxy groups -OCH3 is 3. The zero-order chi connectivity index (χ0) is 24.7. The SMILES string of the molecule is COc1ccc(C2CC(=O)Oc3ccc4c(c32)OC(=Cc2cccc(OC)c2OC)C4=O)cc1O. The molecule has 35 heavy (non-hydrogen) atoms. The third-order valence-electron chi connectivity index (χ3n) is 6.10. The zero-order valence-corrected chi connectivity index (χ0v) is 19.3. The molecule has 0 saturated carbocycles. The molecule has 0 amide bonds. The molecule has 8 heteroatoms. The molecular weight excluding hydrogens is 452 g/mol. The summed E-state index contributed by atoms with van der Waals surface area (Å²) >= 11 is 0. The second kappa shape index (κ2) is 8.72. The fraction of sp³-hybridized carbons (Fsp3) is 0.185. The van der Waals surface area contributed by atoms with Crippen LogP contribution in [0.15, 0.2) is 54.3 Å². The first-order valence-electron chi connectivity index (χ1n) is 10.8. The molecule has 178 valence electrons. The fourth-order valence-electron chi connectivity index (χ4n) is 4.48. The minimum absolute atomic E-state index is 0.0233. The second-order valence-corrected chi connectivity index (χ2v) is 8.04. The molecule has 2 heterocycles. The Bertz CT molecular complexity index is 1390. The van der Waals surface area contributed by atoms with E-state index in [4.69, 9.17) is 23.7 Å². The molecule has 1 N–H and O–H groups in total. The summed E-state index contributed by atoms with van der Waals surface area (Å²) in [6.45, 7) is 0. The van der Waals surface area contributed by atoms with Crippen molar-refractivity contribution >= 4 is 17.8 Å². The van der Waals surface area contributed by atoms with Gasteiger partial charge in [-0.25, -0.2) is 0 Å². The van der Waals surface area contributed by atoms with Crippen LogP contribution in [0.4, 0.5) is 0 Å². The monoisotopic (exact) mass is 474 g/mol. The van der Waals surface area contributed by atoms with E-state index in [9.17, 15) is 14.7 Å². The smallest absolute Gasteiger partial charge is 0.312 e. The highest BCUT2D eigenvalue weighted by Gasteiger charge is 2.38. The Labute approximate surface area is 201 Å². The van der Waals surface area contributed by atoms with Gasteiger partial charge >= 0.3 is 5.97 Å². The molecule has 0 fully saturated rings. The van der Waals surface area contributed by atoms with Crippen molar-refractivity contribution in [3.05, 3.63) is 76.5 Å². The first-order chi connectivity index (χ1) is 16.9. The van der Waals surface area contributed by atoms with Gasteiger partial charge in [-0.15, -0.1) is 0 Å². The molecule has 2 aliphatic rings. The number of ether oxygens (including phenoxy) is 5. The van der Waals surface area contributed by atoms with E-state index in [2.05, 4.69) is 0 Å². The minimum Gasteiger partial charge on any atom is -0.504 e. The lowest BCUT2D eigenvalue weighted by atomic mass is 9.84. The average molecular weight is 474 g/mol. The van der Waals surface area contributed by atoms with Crippen molar-refractivity contribution in [1.82, 2.24) is 0 Å². The van der Waals surface area contributed by atoms with Gasteiger partial charge in [0.2, 0.25) is 5.78 Å². The van der Waals surface area contributed by atoms with Gasteiger partial charge in [0.05, 0.1) is 33.3 Å². The molecular formula is C27H22O8. The fourth-order valence-corrected chi connectivity index (χ4v) is 4.48. The Hall–Kier alpha value is -4.46. The third-order valence-corrected chi connectivity index (χ3v) is 6.10. The van der Waals surface area contributed by atoms with E-state index < -0.39 is 11.9 Å². The van der Waals surface area contributed by atoms with Crippen LogP contribution in [0, 0.1) is 0 Å². The van der Waals surface area contributed by atoms with Crippen LogP contribution in [-0.4, -0.2) is 38.2 Å². The number of phenols is 1. The maximum atomic E-state index is 13.3. The number of hydrogen-bond acceptors (Lipinski definition) is 8. The number of carbonyl (C=O) groups is 2. The minimum atomic E-state index is -0.489. The number of fused-ring (bicyclic) bond motifs is 3. The lowest BCUT2D eigenvalue weighted by Crippen LogP contribution is -2.21. The zero-order valence-electron chi connectivity index (χ0n) is 19.3. The normalized spacial score (nSPS) is 17.3. The molecule has 0 bridgehead atoms. The number of rotatable bonds is 5. The first kappa shape index (κ1) is 22.3. The largest absolute Gasteiger partial charge is 0.504 e. The summed E-state index contributed by atoms with van der Waals surface area (Å²) < 4.78 is 27.5. The molecule has 1 unspecified atom stereocenters. The van der Waals surface area contributed by atoms with Gasteiger partial charge in [0.25, 0.3) is 0 Å². The summed E-state index contributed by atoms with van der Waals surface area (Å²) in [5.74, 6) is 0.785. The summed E-state index contributed by atoms with van der Waals surface area (Å²) in [7, 11) is 4.51. The van der Waals surface area contributed by atoms with E-state index in [1.807, 2.05) is 0 Å². The van der Waals surface area contributed by atoms with Crippen molar-refractivity contribution in [3.63, 3.8) is 0 Å². The van der Waals surface area contributed by atoms with Crippen molar-refractivity contribution in [2.24, 2.45) is 0 Å². The number of benzene rings is 3. The maximum absolute atomic E-state index is 13.3. The summed E-state index contributed by atoms with van der Waals surface area (Å²) in [5.41, 5.74) is 2.20. The molecule has 0 saturated heterocycles. The van der Waals surface area contributed by atoms with Crippen molar-refractivity contribution in [2.45, 2.75) is 12.3 Å². The highest BCUT2D eigenvalue weighted by Crippen LogP contribution is 2.50. The van der Waals surface area contributed by atoms with Gasteiger partial charge in [-0.3, -0.25) is 9.59 Å². The number of hydrogen-bond donors (Lipinski definition) is 1. The van der Waals surface area contributed by atoms with Crippen molar-refractivity contribution in [2.75, 3.05) is 21.3 Å². The molecule has 0 aromatic heterocycles. The predicted molar refractivity (Wildman–Crippen MR) is 126 cm³/mol. The molecule has 0 aliphatic carbocycles. The average Bonchev–Trinajstić information content (AvgIpc) is 3.18. The van der Waals surface area contributed by atoms with Crippen molar-refractivity contribution in [3.8, 4) is 34.5 Å². The molecule has 0 radical (unpaired) electrons. The summed E-state index contributed by atoms with van der Waals surface area (Å²) in [5, 5.41) is 10.3. The van der Waals surface area contributed by atoms with Gasteiger partial charge in [-0.2, -0.15) is 0 Å². The molecule has 0 spiro atoms. The topological polar surface area (TPSA) is 101 Å². The number of phenolic OH excluding ortho intramolecular Hbond substituents is 1. The number of para-hydroxylation sites is 1. The maximum Gasteiger partial charge on any atom is 0.312 e. The highest BCUT2D eigenvalue weighted by molar-refractivity contribution is 6.15. The number of aromatic hydroxyl groups is 1. The van der Waals surface area contributed by atoms with Crippen LogP contribution in [-0.2, 0) is 4.79 Å². The number of carbonyl (C=O) groups excluding carboxylic acids is 2. The van der Waals surface area contributed by atoms with Crippen LogP contribution in [0.2, 0.25) is 0 Å². The summed E-state index contributed by atoms with van der Waals surface area (Å²) in [6.07, 6.45) is 1.62. The van der Waals surface area contributed by atoms with E-state index in [1.165, 1.54) is 21.3 Å².